The molecule has 2 aliphatic heterocycles. The van der Waals surface area contributed by atoms with Crippen molar-refractivity contribution in [3.05, 3.63) is 23.4 Å². The third-order valence-corrected chi connectivity index (χ3v) is 4.23. The van der Waals surface area contributed by atoms with Gasteiger partial charge in [0.1, 0.15) is 5.82 Å². The van der Waals surface area contributed by atoms with Gasteiger partial charge in [0.15, 0.2) is 0 Å². The van der Waals surface area contributed by atoms with Gasteiger partial charge in [0, 0.05) is 24.8 Å². The highest BCUT2D eigenvalue weighted by molar-refractivity contribution is 5.43. The Balaban J connectivity index is 1.79. The Labute approximate surface area is 110 Å². The van der Waals surface area contributed by atoms with Crippen LogP contribution in [0.25, 0.3) is 0 Å². The van der Waals surface area contributed by atoms with Crippen molar-refractivity contribution < 1.29 is 0 Å². The Bertz CT molecular complexity index is 404. The van der Waals surface area contributed by atoms with E-state index in [1.807, 2.05) is 0 Å². The molecular weight excluding hydrogens is 222 g/mol. The number of aryl methyl sites for hydroxylation is 1. The van der Waals surface area contributed by atoms with Crippen molar-refractivity contribution in [1.82, 2.24) is 10.3 Å². The zero-order valence-corrected chi connectivity index (χ0v) is 11.3. The molecule has 3 heterocycles. The summed E-state index contributed by atoms with van der Waals surface area (Å²) in [7, 11) is 0. The van der Waals surface area contributed by atoms with Crippen LogP contribution in [0.2, 0.25) is 0 Å². The highest BCUT2D eigenvalue weighted by Crippen LogP contribution is 2.27. The zero-order valence-electron chi connectivity index (χ0n) is 11.3. The van der Waals surface area contributed by atoms with Crippen molar-refractivity contribution in [3.63, 3.8) is 0 Å². The molecule has 1 aromatic heterocycles. The molecular formula is C15H23N3. The Kier molecular flexibility index (Phi) is 3.50. The lowest BCUT2D eigenvalue weighted by atomic mass is 9.96. The first-order valence-corrected chi connectivity index (χ1v) is 7.30. The van der Waals surface area contributed by atoms with E-state index in [4.69, 9.17) is 4.98 Å². The van der Waals surface area contributed by atoms with E-state index < -0.39 is 0 Å². The first-order valence-electron chi connectivity index (χ1n) is 7.30. The molecule has 1 atom stereocenters. The Morgan fingerprint density at radius 1 is 1.17 bits per heavy atom. The molecule has 0 aliphatic carbocycles. The molecule has 3 heteroatoms. The van der Waals surface area contributed by atoms with Gasteiger partial charge in [-0.05, 0) is 50.8 Å². The molecule has 1 N–H and O–H groups in total. The topological polar surface area (TPSA) is 28.2 Å². The van der Waals surface area contributed by atoms with E-state index in [2.05, 4.69) is 29.3 Å². The minimum absolute atomic E-state index is 0.527. The summed E-state index contributed by atoms with van der Waals surface area (Å²) >= 11 is 0. The maximum atomic E-state index is 4.82. The second-order valence-corrected chi connectivity index (χ2v) is 5.54. The van der Waals surface area contributed by atoms with Gasteiger partial charge in [-0.2, -0.15) is 0 Å². The molecule has 2 fully saturated rings. The standard InChI is InChI=1S/C15H23N3/c1-12-13(14-6-2-3-9-16-14)7-8-15(17-12)18-10-4-5-11-18/h7-8,14,16H,2-6,9-11H2,1H3. The molecule has 2 aliphatic rings. The lowest BCUT2D eigenvalue weighted by Gasteiger charge is -2.26. The van der Waals surface area contributed by atoms with Crippen LogP contribution in [0.4, 0.5) is 5.82 Å². The molecule has 1 aromatic rings. The largest absolute Gasteiger partial charge is 0.357 e. The van der Waals surface area contributed by atoms with E-state index in [0.29, 0.717) is 6.04 Å². The molecule has 3 nitrogen and oxygen atoms in total. The minimum atomic E-state index is 0.527. The summed E-state index contributed by atoms with van der Waals surface area (Å²) in [6.45, 7) is 5.66. The molecule has 0 spiro atoms. The SMILES string of the molecule is Cc1nc(N2CCCC2)ccc1C1CCCCN1. The molecule has 2 saturated heterocycles. The number of hydrogen-bond acceptors (Lipinski definition) is 3. The van der Waals surface area contributed by atoms with Gasteiger partial charge in [-0.1, -0.05) is 12.5 Å². The smallest absolute Gasteiger partial charge is 0.128 e. The number of nitrogens with zero attached hydrogens (tertiary/aromatic N) is 2. The molecule has 0 saturated carbocycles. The number of aromatic nitrogens is 1. The van der Waals surface area contributed by atoms with Gasteiger partial charge < -0.3 is 10.2 Å². The van der Waals surface area contributed by atoms with Crippen molar-refractivity contribution in [2.75, 3.05) is 24.5 Å². The van der Waals surface area contributed by atoms with Crippen LogP contribution >= 0.6 is 0 Å². The molecule has 1 unspecified atom stereocenters. The number of nitrogens with one attached hydrogen (secondary N) is 1. The summed E-state index contributed by atoms with van der Waals surface area (Å²) < 4.78 is 0. The maximum Gasteiger partial charge on any atom is 0.128 e. The van der Waals surface area contributed by atoms with Gasteiger partial charge in [-0.15, -0.1) is 0 Å². The predicted molar refractivity (Wildman–Crippen MR) is 75.0 cm³/mol. The predicted octanol–water partition coefficient (Wildman–Crippen LogP) is 2.80. The molecule has 0 aromatic carbocycles. The van der Waals surface area contributed by atoms with Crippen molar-refractivity contribution in [3.8, 4) is 0 Å². The van der Waals surface area contributed by atoms with Crippen molar-refractivity contribution in [1.29, 1.82) is 0 Å². The summed E-state index contributed by atoms with van der Waals surface area (Å²) in [5.41, 5.74) is 2.61. The Hall–Kier alpha value is -1.09. The second-order valence-electron chi connectivity index (χ2n) is 5.54. The quantitative estimate of drug-likeness (QED) is 0.868. The second kappa shape index (κ2) is 5.27. The number of piperidine rings is 1. The molecule has 0 radical (unpaired) electrons. The van der Waals surface area contributed by atoms with Crippen LogP contribution in [0.1, 0.15) is 49.4 Å². The van der Waals surface area contributed by atoms with Crippen molar-refractivity contribution in [2.45, 2.75) is 45.1 Å². The highest BCUT2D eigenvalue weighted by atomic mass is 15.2. The third kappa shape index (κ3) is 2.37. The average Bonchev–Trinajstić information content (AvgIpc) is 2.93. The third-order valence-electron chi connectivity index (χ3n) is 4.23. The first kappa shape index (κ1) is 12.0. The summed E-state index contributed by atoms with van der Waals surface area (Å²) in [5.74, 6) is 1.17. The summed E-state index contributed by atoms with van der Waals surface area (Å²) in [5, 5.41) is 3.61. The number of rotatable bonds is 2. The van der Waals surface area contributed by atoms with E-state index in [1.165, 1.54) is 62.3 Å². The minimum Gasteiger partial charge on any atom is -0.357 e. The summed E-state index contributed by atoms with van der Waals surface area (Å²) in [4.78, 5) is 7.22. The van der Waals surface area contributed by atoms with E-state index >= 15 is 0 Å². The first-order chi connectivity index (χ1) is 8.84. The Morgan fingerprint density at radius 2 is 2.00 bits per heavy atom. The van der Waals surface area contributed by atoms with E-state index in [0.717, 1.165) is 6.54 Å². The fourth-order valence-corrected chi connectivity index (χ4v) is 3.17. The highest BCUT2D eigenvalue weighted by Gasteiger charge is 2.19. The zero-order chi connectivity index (χ0) is 12.4. The van der Waals surface area contributed by atoms with Crippen molar-refractivity contribution >= 4 is 5.82 Å². The van der Waals surface area contributed by atoms with Gasteiger partial charge >= 0.3 is 0 Å². The van der Waals surface area contributed by atoms with Crippen LogP contribution in [-0.2, 0) is 0 Å². The van der Waals surface area contributed by atoms with E-state index in [9.17, 15) is 0 Å². The lowest BCUT2D eigenvalue weighted by Crippen LogP contribution is -2.28. The molecule has 3 rings (SSSR count). The number of anilines is 1. The van der Waals surface area contributed by atoms with Crippen LogP contribution in [0.15, 0.2) is 12.1 Å². The lowest BCUT2D eigenvalue weighted by molar-refractivity contribution is 0.410. The summed E-state index contributed by atoms with van der Waals surface area (Å²) in [6.07, 6.45) is 6.53. The summed E-state index contributed by atoms with van der Waals surface area (Å²) in [6, 6.07) is 5.03. The van der Waals surface area contributed by atoms with E-state index in [1.54, 1.807) is 0 Å². The fourth-order valence-electron chi connectivity index (χ4n) is 3.17. The van der Waals surface area contributed by atoms with E-state index in [-0.39, 0.29) is 0 Å². The van der Waals surface area contributed by atoms with Crippen LogP contribution < -0.4 is 10.2 Å². The van der Waals surface area contributed by atoms with Gasteiger partial charge in [-0.3, -0.25) is 0 Å². The van der Waals surface area contributed by atoms with Gasteiger partial charge in [0.05, 0.1) is 0 Å². The number of pyridine rings is 1. The van der Waals surface area contributed by atoms with Gasteiger partial charge in [0.2, 0.25) is 0 Å². The number of hydrogen-bond donors (Lipinski definition) is 1. The maximum absolute atomic E-state index is 4.82. The molecule has 0 bridgehead atoms. The average molecular weight is 245 g/mol. The van der Waals surface area contributed by atoms with Crippen molar-refractivity contribution in [2.24, 2.45) is 0 Å². The van der Waals surface area contributed by atoms with Gasteiger partial charge in [-0.25, -0.2) is 4.98 Å². The molecule has 18 heavy (non-hydrogen) atoms. The van der Waals surface area contributed by atoms with Crippen LogP contribution in [0.3, 0.4) is 0 Å². The van der Waals surface area contributed by atoms with Crippen LogP contribution in [0, 0.1) is 6.92 Å². The molecule has 98 valence electrons. The van der Waals surface area contributed by atoms with Crippen LogP contribution in [-0.4, -0.2) is 24.6 Å². The monoisotopic (exact) mass is 245 g/mol. The normalized spacial score (nSPS) is 24.5. The Morgan fingerprint density at radius 3 is 2.67 bits per heavy atom. The van der Waals surface area contributed by atoms with Gasteiger partial charge in [0.25, 0.3) is 0 Å². The molecule has 0 amide bonds. The van der Waals surface area contributed by atoms with Crippen LogP contribution in [0.5, 0.6) is 0 Å². The fraction of sp³-hybridized carbons (Fsp3) is 0.667.